The third-order valence-electron chi connectivity index (χ3n) is 3.33. The van der Waals surface area contributed by atoms with E-state index in [4.69, 9.17) is 11.6 Å². The number of non-ortho nitro benzene ring substituents is 1. The highest BCUT2D eigenvalue weighted by molar-refractivity contribution is 6.31. The van der Waals surface area contributed by atoms with E-state index in [1.54, 1.807) is 0 Å². The number of benzene rings is 2. The zero-order chi connectivity index (χ0) is 18.6. The molecule has 0 heterocycles. The highest BCUT2D eigenvalue weighted by Gasteiger charge is 2.21. The minimum atomic E-state index is -1.49. The maximum Gasteiger partial charge on any atom is 0.269 e. The second-order valence-corrected chi connectivity index (χ2v) is 5.48. The Morgan fingerprint density at radius 1 is 1.24 bits per heavy atom. The van der Waals surface area contributed by atoms with Crippen molar-refractivity contribution in [3.05, 3.63) is 74.5 Å². The van der Waals surface area contributed by atoms with E-state index >= 15 is 0 Å². The van der Waals surface area contributed by atoms with Crippen molar-refractivity contribution in [1.82, 2.24) is 5.32 Å². The first kappa shape index (κ1) is 18.3. The van der Waals surface area contributed by atoms with E-state index in [0.29, 0.717) is 0 Å². The molecule has 1 atom stereocenters. The summed E-state index contributed by atoms with van der Waals surface area (Å²) in [6.45, 7) is 0. The number of carboxylic acids is 1. The third-order valence-corrected chi connectivity index (χ3v) is 3.67. The van der Waals surface area contributed by atoms with Gasteiger partial charge in [0.1, 0.15) is 5.82 Å². The summed E-state index contributed by atoms with van der Waals surface area (Å²) < 4.78 is 13.2. The molecule has 0 fully saturated rings. The van der Waals surface area contributed by atoms with Gasteiger partial charge in [-0.15, -0.1) is 0 Å². The molecule has 0 unspecified atom stereocenters. The second-order valence-electron chi connectivity index (χ2n) is 5.08. The molecule has 0 spiro atoms. The molecular weight excluding hydrogens is 355 g/mol. The molecule has 1 amide bonds. The van der Waals surface area contributed by atoms with E-state index < -0.39 is 35.1 Å². The lowest BCUT2D eigenvalue weighted by Crippen LogP contribution is -2.34. The number of carbonyl (C=O) groups excluding carboxylic acids is 2. The van der Waals surface area contributed by atoms with E-state index in [1.165, 1.54) is 18.2 Å². The quantitative estimate of drug-likeness (QED) is 0.621. The van der Waals surface area contributed by atoms with Crippen LogP contribution in [0.25, 0.3) is 0 Å². The molecule has 1 N–H and O–H groups in total. The summed E-state index contributed by atoms with van der Waals surface area (Å²) in [5.74, 6) is -2.89. The van der Waals surface area contributed by atoms with Gasteiger partial charge in [-0.05, 0) is 24.3 Å². The number of halogens is 2. The Kier molecular flexibility index (Phi) is 5.66. The molecule has 2 aromatic rings. The fourth-order valence-electron chi connectivity index (χ4n) is 2.19. The molecule has 0 aliphatic carbocycles. The van der Waals surface area contributed by atoms with Crippen LogP contribution in [0.3, 0.4) is 0 Å². The Labute approximate surface area is 146 Å². The second kappa shape index (κ2) is 7.71. The van der Waals surface area contributed by atoms with Gasteiger partial charge < -0.3 is 15.2 Å². The van der Waals surface area contributed by atoms with Crippen LogP contribution >= 0.6 is 11.6 Å². The van der Waals surface area contributed by atoms with Crippen molar-refractivity contribution >= 4 is 29.2 Å². The highest BCUT2D eigenvalue weighted by Crippen LogP contribution is 2.29. The van der Waals surface area contributed by atoms with Gasteiger partial charge in [0, 0.05) is 40.7 Å². The Hall–Kier alpha value is -3.00. The van der Waals surface area contributed by atoms with Crippen molar-refractivity contribution in [2.75, 3.05) is 0 Å². The fourth-order valence-corrected chi connectivity index (χ4v) is 2.44. The predicted molar refractivity (Wildman–Crippen MR) is 84.3 cm³/mol. The number of hydrogen-bond acceptors (Lipinski definition) is 5. The van der Waals surface area contributed by atoms with E-state index in [9.17, 15) is 29.2 Å². The van der Waals surface area contributed by atoms with Crippen LogP contribution in [-0.4, -0.2) is 16.8 Å². The van der Waals surface area contributed by atoms with Crippen LogP contribution < -0.4 is 10.4 Å². The van der Waals surface area contributed by atoms with Crippen molar-refractivity contribution in [2.24, 2.45) is 0 Å². The molecule has 2 rings (SSSR count). The molecule has 9 heteroatoms. The van der Waals surface area contributed by atoms with Gasteiger partial charge in [-0.3, -0.25) is 14.9 Å². The summed E-state index contributed by atoms with van der Waals surface area (Å²) in [5.41, 5.74) is -0.308. The average Bonchev–Trinajstić information content (AvgIpc) is 2.54. The SMILES string of the molecule is O=C([O-])C[C@@H](NC(=O)c1cccc(F)c1)c1cc([N+](=O)[O-])ccc1Cl. The Bertz CT molecular complexity index is 843. The van der Waals surface area contributed by atoms with Crippen molar-refractivity contribution in [3.63, 3.8) is 0 Å². The zero-order valence-electron chi connectivity index (χ0n) is 12.6. The maximum absolute atomic E-state index is 13.2. The first-order chi connectivity index (χ1) is 11.8. The van der Waals surface area contributed by atoms with Gasteiger partial charge in [0.2, 0.25) is 0 Å². The van der Waals surface area contributed by atoms with Crippen LogP contribution in [0.15, 0.2) is 42.5 Å². The molecule has 0 aromatic heterocycles. The van der Waals surface area contributed by atoms with Crippen LogP contribution in [0.4, 0.5) is 10.1 Å². The number of carboxylic acid groups (broad SMARTS) is 1. The number of nitrogens with one attached hydrogen (secondary N) is 1. The van der Waals surface area contributed by atoms with Gasteiger partial charge in [-0.2, -0.15) is 0 Å². The van der Waals surface area contributed by atoms with E-state index in [1.807, 2.05) is 0 Å². The largest absolute Gasteiger partial charge is 0.550 e. The zero-order valence-corrected chi connectivity index (χ0v) is 13.3. The number of nitro groups is 1. The predicted octanol–water partition coefficient (Wildman–Crippen LogP) is 2.00. The Balaban J connectivity index is 2.36. The maximum atomic E-state index is 13.2. The van der Waals surface area contributed by atoms with Gasteiger partial charge in [0.15, 0.2) is 0 Å². The standard InChI is InChI=1S/C16H12ClFN2O5/c17-13-5-4-11(20(24)25)7-12(13)14(8-15(21)22)19-16(23)9-2-1-3-10(18)6-9/h1-7,14H,8H2,(H,19,23)(H,21,22)/p-1/t14-/m1/s1. The molecular formula is C16H11ClFN2O5-. The van der Waals surface area contributed by atoms with Crippen LogP contribution in [0.1, 0.15) is 28.4 Å². The topological polar surface area (TPSA) is 112 Å². The molecule has 0 saturated carbocycles. The fraction of sp³-hybridized carbons (Fsp3) is 0.125. The number of rotatable bonds is 6. The number of nitrogens with zero attached hydrogens (tertiary/aromatic N) is 1. The van der Waals surface area contributed by atoms with Gasteiger partial charge in [0.25, 0.3) is 11.6 Å². The summed E-state index contributed by atoms with van der Waals surface area (Å²) >= 11 is 5.99. The summed E-state index contributed by atoms with van der Waals surface area (Å²) in [6.07, 6.45) is -0.665. The first-order valence-electron chi connectivity index (χ1n) is 6.98. The lowest BCUT2D eigenvalue weighted by molar-refractivity contribution is -0.385. The summed E-state index contributed by atoms with van der Waals surface area (Å²) in [4.78, 5) is 33.4. The number of amides is 1. The van der Waals surface area contributed by atoms with Crippen LogP contribution in [-0.2, 0) is 4.79 Å². The minimum Gasteiger partial charge on any atom is -0.550 e. The lowest BCUT2D eigenvalue weighted by Gasteiger charge is -2.21. The number of nitro benzene ring substituents is 1. The van der Waals surface area contributed by atoms with Crippen molar-refractivity contribution in [2.45, 2.75) is 12.5 Å². The first-order valence-corrected chi connectivity index (χ1v) is 7.36. The van der Waals surface area contributed by atoms with Crippen molar-refractivity contribution in [1.29, 1.82) is 0 Å². The molecule has 0 aliphatic rings. The molecule has 0 saturated heterocycles. The minimum absolute atomic E-state index is 0.0371. The Morgan fingerprint density at radius 3 is 2.56 bits per heavy atom. The van der Waals surface area contributed by atoms with Crippen LogP contribution in [0.5, 0.6) is 0 Å². The molecule has 0 radical (unpaired) electrons. The van der Waals surface area contributed by atoms with Crippen molar-refractivity contribution < 1.29 is 24.0 Å². The number of hydrogen-bond donors (Lipinski definition) is 1. The summed E-state index contributed by atoms with van der Waals surface area (Å²) in [5, 5.41) is 24.3. The van der Waals surface area contributed by atoms with Crippen molar-refractivity contribution in [3.8, 4) is 0 Å². The average molecular weight is 366 g/mol. The lowest BCUT2D eigenvalue weighted by atomic mass is 10.0. The van der Waals surface area contributed by atoms with Crippen LogP contribution in [0, 0.1) is 15.9 Å². The smallest absolute Gasteiger partial charge is 0.269 e. The third kappa shape index (κ3) is 4.74. The Morgan fingerprint density at radius 2 is 1.96 bits per heavy atom. The molecule has 130 valence electrons. The van der Waals surface area contributed by atoms with E-state index in [0.717, 1.165) is 24.3 Å². The van der Waals surface area contributed by atoms with E-state index in [2.05, 4.69) is 5.32 Å². The molecule has 25 heavy (non-hydrogen) atoms. The normalized spacial score (nSPS) is 11.6. The van der Waals surface area contributed by atoms with Crippen LogP contribution in [0.2, 0.25) is 5.02 Å². The number of aliphatic carboxylic acids is 1. The van der Waals surface area contributed by atoms with Gasteiger partial charge in [-0.25, -0.2) is 4.39 Å². The monoisotopic (exact) mass is 365 g/mol. The summed E-state index contributed by atoms with van der Waals surface area (Å²) in [7, 11) is 0. The molecule has 0 bridgehead atoms. The van der Waals surface area contributed by atoms with Gasteiger partial charge in [-0.1, -0.05) is 17.7 Å². The highest BCUT2D eigenvalue weighted by atomic mass is 35.5. The molecule has 7 nitrogen and oxygen atoms in total. The number of carbonyl (C=O) groups is 2. The molecule has 2 aromatic carbocycles. The van der Waals surface area contributed by atoms with E-state index in [-0.39, 0.29) is 21.8 Å². The summed E-state index contributed by atoms with van der Waals surface area (Å²) in [6, 6.07) is 7.03. The van der Waals surface area contributed by atoms with Gasteiger partial charge >= 0.3 is 0 Å². The molecule has 0 aliphatic heterocycles. The van der Waals surface area contributed by atoms with Gasteiger partial charge in [0.05, 0.1) is 11.0 Å².